The normalized spacial score (nSPS) is 17.6. The van der Waals surface area contributed by atoms with Crippen molar-refractivity contribution in [3.05, 3.63) is 75.4 Å². The SMILES string of the molecule is CC.CC=NC(=C\C)/C(=C(/C)CC)C(=C(\N=C(/C)N(C)c1c(F)cc(C2CCOCC2)cc1F)Nc1cc(C)[nH]n1)/C1CC1. The van der Waals surface area contributed by atoms with Crippen LogP contribution in [0.25, 0.3) is 0 Å². The largest absolute Gasteiger partial charge is 0.381 e. The van der Waals surface area contributed by atoms with Crippen molar-refractivity contribution in [2.75, 3.05) is 30.5 Å². The van der Waals surface area contributed by atoms with E-state index in [0.717, 1.165) is 54.6 Å². The molecule has 1 aromatic heterocycles. The summed E-state index contributed by atoms with van der Waals surface area (Å²) in [5.41, 5.74) is 5.60. The summed E-state index contributed by atoms with van der Waals surface area (Å²) in [6, 6.07) is 4.83. The van der Waals surface area contributed by atoms with Crippen molar-refractivity contribution in [2.24, 2.45) is 15.9 Å². The second kappa shape index (κ2) is 16.5. The molecule has 1 aromatic carbocycles. The Balaban J connectivity index is 0.00000259. The maximum atomic E-state index is 15.5. The van der Waals surface area contributed by atoms with Crippen molar-refractivity contribution >= 4 is 23.6 Å². The molecule has 44 heavy (non-hydrogen) atoms. The minimum atomic E-state index is -0.603. The number of aromatic amines is 1. The van der Waals surface area contributed by atoms with Crippen LogP contribution in [0.4, 0.5) is 20.3 Å². The van der Waals surface area contributed by atoms with Gasteiger partial charge < -0.3 is 15.0 Å². The van der Waals surface area contributed by atoms with Crippen LogP contribution in [-0.2, 0) is 4.74 Å². The maximum Gasteiger partial charge on any atom is 0.153 e. The number of aryl methyl sites for hydroxylation is 1. The number of allylic oxidation sites excluding steroid dienone is 3. The standard InChI is InChI=1S/C33H44F2N6O.C2H6/c1-8-20(4)30(28(9-2)36-10-3)31(24-11-12-24)33(38-29-17-21(5)39-40-29)37-22(6)41(7)32-26(34)18-25(19-27(32)35)23-13-15-42-16-14-23;1-2/h9-10,17-19,23-24H,8,11-16H2,1-7H3,(H2,38,39,40);1-2H3/b28-9-,30-20+,33-31+,36-10?,37-22+;. The number of amidine groups is 1. The quantitative estimate of drug-likeness (QED) is 0.160. The van der Waals surface area contributed by atoms with E-state index in [2.05, 4.69) is 29.4 Å². The Morgan fingerprint density at radius 3 is 2.23 bits per heavy atom. The third kappa shape index (κ3) is 8.52. The molecular formula is C35H50F2N6O. The van der Waals surface area contributed by atoms with Crippen molar-refractivity contribution in [1.29, 1.82) is 0 Å². The van der Waals surface area contributed by atoms with E-state index < -0.39 is 11.6 Å². The fourth-order valence-electron chi connectivity index (χ4n) is 5.40. The first-order valence-electron chi connectivity index (χ1n) is 15.9. The van der Waals surface area contributed by atoms with Crippen LogP contribution in [0.1, 0.15) is 97.7 Å². The number of ether oxygens (including phenoxy) is 1. The number of aliphatic imine (C=N–C) groups is 2. The lowest BCUT2D eigenvalue weighted by Gasteiger charge is -2.25. The molecule has 2 fully saturated rings. The molecular weight excluding hydrogens is 558 g/mol. The van der Waals surface area contributed by atoms with Crippen molar-refractivity contribution in [2.45, 2.75) is 93.4 Å². The average Bonchev–Trinajstić information content (AvgIpc) is 3.78. The summed E-state index contributed by atoms with van der Waals surface area (Å²) in [6.45, 7) is 17.1. The van der Waals surface area contributed by atoms with E-state index in [-0.39, 0.29) is 17.5 Å². The number of aromatic nitrogens is 2. The van der Waals surface area contributed by atoms with Crippen molar-refractivity contribution < 1.29 is 13.5 Å². The highest BCUT2D eigenvalue weighted by Crippen LogP contribution is 2.45. The van der Waals surface area contributed by atoms with Gasteiger partial charge in [0.25, 0.3) is 0 Å². The topological polar surface area (TPSA) is 77.9 Å². The molecule has 0 spiro atoms. The van der Waals surface area contributed by atoms with Crippen molar-refractivity contribution in [1.82, 2.24) is 10.2 Å². The Hall–Kier alpha value is -3.59. The Bertz CT molecular complexity index is 1400. The van der Waals surface area contributed by atoms with Crippen LogP contribution in [0.3, 0.4) is 0 Å². The smallest absolute Gasteiger partial charge is 0.153 e. The fraction of sp³-hybridized carbons (Fsp3) is 0.514. The van der Waals surface area contributed by atoms with Crippen LogP contribution in [0.5, 0.6) is 0 Å². The second-order valence-corrected chi connectivity index (χ2v) is 11.1. The Kier molecular flexibility index (Phi) is 13.1. The lowest BCUT2D eigenvalue weighted by Crippen LogP contribution is -2.27. The minimum Gasteiger partial charge on any atom is -0.381 e. The van der Waals surface area contributed by atoms with Crippen LogP contribution >= 0.6 is 0 Å². The van der Waals surface area contributed by atoms with Crippen LogP contribution in [0.15, 0.2) is 62.5 Å². The van der Waals surface area contributed by atoms with Crippen LogP contribution in [-0.4, -0.2) is 42.5 Å². The molecule has 2 N–H and O–H groups in total. The van der Waals surface area contributed by atoms with Gasteiger partial charge in [-0.05, 0) is 96.3 Å². The zero-order chi connectivity index (χ0) is 32.4. The molecule has 2 aliphatic rings. The van der Waals surface area contributed by atoms with Gasteiger partial charge in [0, 0.05) is 49.4 Å². The first-order chi connectivity index (χ1) is 21.2. The molecule has 240 valence electrons. The monoisotopic (exact) mass is 608 g/mol. The van der Waals surface area contributed by atoms with Gasteiger partial charge in [0.05, 0.1) is 5.70 Å². The van der Waals surface area contributed by atoms with E-state index in [4.69, 9.17) is 14.7 Å². The average molecular weight is 609 g/mol. The summed E-state index contributed by atoms with van der Waals surface area (Å²) in [6.07, 6.45) is 8.22. The van der Waals surface area contributed by atoms with Gasteiger partial charge in [-0.15, -0.1) is 0 Å². The van der Waals surface area contributed by atoms with Crippen LogP contribution < -0.4 is 10.2 Å². The molecule has 1 saturated carbocycles. The number of nitrogens with one attached hydrogen (secondary N) is 2. The van der Waals surface area contributed by atoms with Gasteiger partial charge in [0.2, 0.25) is 0 Å². The summed E-state index contributed by atoms with van der Waals surface area (Å²) in [7, 11) is 1.65. The van der Waals surface area contributed by atoms with Gasteiger partial charge in [0.15, 0.2) is 5.82 Å². The van der Waals surface area contributed by atoms with Gasteiger partial charge in [-0.25, -0.2) is 13.8 Å². The number of halogens is 2. The molecule has 0 bridgehead atoms. The summed E-state index contributed by atoms with van der Waals surface area (Å²) < 4.78 is 36.5. The maximum absolute atomic E-state index is 15.5. The summed E-state index contributed by atoms with van der Waals surface area (Å²) in [5, 5.41) is 10.8. The molecule has 9 heteroatoms. The first-order valence-corrected chi connectivity index (χ1v) is 15.9. The third-order valence-electron chi connectivity index (χ3n) is 8.04. The number of nitrogens with zero attached hydrogens (tertiary/aromatic N) is 4. The number of hydrogen-bond donors (Lipinski definition) is 2. The molecule has 2 heterocycles. The van der Waals surface area contributed by atoms with E-state index in [0.29, 0.717) is 36.3 Å². The molecule has 7 nitrogen and oxygen atoms in total. The third-order valence-corrected chi connectivity index (χ3v) is 8.04. The Morgan fingerprint density at radius 2 is 1.73 bits per heavy atom. The highest BCUT2D eigenvalue weighted by Gasteiger charge is 2.34. The minimum absolute atomic E-state index is 0.0904. The van der Waals surface area contributed by atoms with Crippen molar-refractivity contribution in [3.63, 3.8) is 0 Å². The molecule has 0 atom stereocenters. The Morgan fingerprint density at radius 1 is 1.09 bits per heavy atom. The molecule has 1 aliphatic carbocycles. The first kappa shape index (κ1) is 34.9. The van der Waals surface area contributed by atoms with E-state index in [9.17, 15) is 0 Å². The van der Waals surface area contributed by atoms with Gasteiger partial charge >= 0.3 is 0 Å². The fourth-order valence-corrected chi connectivity index (χ4v) is 5.40. The molecule has 0 radical (unpaired) electrons. The summed E-state index contributed by atoms with van der Waals surface area (Å²) >= 11 is 0. The van der Waals surface area contributed by atoms with E-state index in [1.165, 1.54) is 22.6 Å². The molecule has 1 saturated heterocycles. The zero-order valence-electron chi connectivity index (χ0n) is 27.9. The lowest BCUT2D eigenvalue weighted by atomic mass is 9.91. The predicted octanol–water partition coefficient (Wildman–Crippen LogP) is 9.23. The van der Waals surface area contributed by atoms with E-state index >= 15 is 8.78 Å². The number of rotatable bonds is 10. The molecule has 1 aliphatic heterocycles. The van der Waals surface area contributed by atoms with Crippen molar-refractivity contribution in [3.8, 4) is 0 Å². The second-order valence-electron chi connectivity index (χ2n) is 11.1. The van der Waals surface area contributed by atoms with Crippen LogP contribution in [0, 0.1) is 24.5 Å². The summed E-state index contributed by atoms with van der Waals surface area (Å²) in [4.78, 5) is 11.2. The van der Waals surface area contributed by atoms with Gasteiger partial charge in [0.1, 0.15) is 29.0 Å². The number of anilines is 2. The highest BCUT2D eigenvalue weighted by atomic mass is 19.1. The zero-order valence-corrected chi connectivity index (χ0v) is 27.9. The predicted molar refractivity (Wildman–Crippen MR) is 180 cm³/mol. The van der Waals surface area contributed by atoms with E-state index in [1.54, 1.807) is 20.2 Å². The number of benzene rings is 1. The lowest BCUT2D eigenvalue weighted by molar-refractivity contribution is 0.0852. The summed E-state index contributed by atoms with van der Waals surface area (Å²) in [5.74, 6) is 0.817. The highest BCUT2D eigenvalue weighted by molar-refractivity contribution is 5.96. The van der Waals surface area contributed by atoms with E-state index in [1.807, 2.05) is 46.8 Å². The molecule has 4 rings (SSSR count). The van der Waals surface area contributed by atoms with Crippen LogP contribution in [0.2, 0.25) is 0 Å². The molecule has 0 amide bonds. The number of H-pyrrole nitrogens is 1. The van der Waals surface area contributed by atoms with Gasteiger partial charge in [-0.1, -0.05) is 32.4 Å². The Labute approximate surface area is 262 Å². The molecule has 2 aromatic rings. The van der Waals surface area contributed by atoms with Gasteiger partial charge in [-0.2, -0.15) is 5.10 Å². The number of hydrogen-bond acceptors (Lipinski definition) is 5. The van der Waals surface area contributed by atoms with Gasteiger partial charge in [-0.3, -0.25) is 10.1 Å². The molecule has 0 unspecified atom stereocenters.